The Balaban J connectivity index is 1.91. The summed E-state index contributed by atoms with van der Waals surface area (Å²) in [5.41, 5.74) is 8.71. The van der Waals surface area contributed by atoms with Gasteiger partial charge in [-0.3, -0.25) is 9.59 Å². The molecule has 3 rings (SSSR count). The van der Waals surface area contributed by atoms with Crippen molar-refractivity contribution in [2.24, 2.45) is 5.73 Å². The van der Waals surface area contributed by atoms with Gasteiger partial charge in [0.25, 0.3) is 5.91 Å². The van der Waals surface area contributed by atoms with Gasteiger partial charge in [0.15, 0.2) is 0 Å². The summed E-state index contributed by atoms with van der Waals surface area (Å²) in [6.45, 7) is 4.02. The van der Waals surface area contributed by atoms with Crippen LogP contribution in [0.3, 0.4) is 0 Å². The lowest BCUT2D eigenvalue weighted by atomic mass is 9.92. The monoisotopic (exact) mass is 424 g/mol. The van der Waals surface area contributed by atoms with E-state index in [1.807, 2.05) is 13.0 Å². The minimum atomic E-state index is -0.513. The van der Waals surface area contributed by atoms with E-state index in [2.05, 4.69) is 18.3 Å². The highest BCUT2D eigenvalue weighted by Gasteiger charge is 2.38. The molecule has 1 aromatic rings. The van der Waals surface area contributed by atoms with Crippen LogP contribution >= 0.6 is 0 Å². The fourth-order valence-corrected chi connectivity index (χ4v) is 4.62. The van der Waals surface area contributed by atoms with E-state index in [1.54, 1.807) is 17.0 Å². The van der Waals surface area contributed by atoms with Crippen molar-refractivity contribution in [1.82, 2.24) is 0 Å². The zero-order chi connectivity index (χ0) is 22.5. The summed E-state index contributed by atoms with van der Waals surface area (Å²) in [6.07, 6.45) is 5.61. The number of anilines is 2. The number of aliphatic hydroxyl groups is 1. The number of benzene rings is 1. The molecular formula is C24H32N4O3. The molecule has 2 aliphatic rings. The molecule has 2 amide bonds. The molecule has 1 fully saturated rings. The third-order valence-electron chi connectivity index (χ3n) is 6.40. The number of aliphatic hydroxyl groups excluding tert-OH is 1. The van der Waals surface area contributed by atoms with Crippen molar-refractivity contribution in [3.8, 4) is 6.07 Å². The quantitative estimate of drug-likeness (QED) is 0.591. The molecule has 1 atom stereocenters. The first-order valence-electron chi connectivity index (χ1n) is 11.2. The van der Waals surface area contributed by atoms with Gasteiger partial charge in [-0.05, 0) is 62.8 Å². The molecule has 166 valence electrons. The minimum Gasteiger partial charge on any atom is -0.393 e. The summed E-state index contributed by atoms with van der Waals surface area (Å²) >= 11 is 0. The van der Waals surface area contributed by atoms with E-state index in [4.69, 9.17) is 5.73 Å². The van der Waals surface area contributed by atoms with Crippen molar-refractivity contribution < 1.29 is 14.7 Å². The van der Waals surface area contributed by atoms with Crippen molar-refractivity contribution in [1.29, 1.82) is 5.26 Å². The molecular weight excluding hydrogens is 392 g/mol. The predicted molar refractivity (Wildman–Crippen MR) is 120 cm³/mol. The Kier molecular flexibility index (Phi) is 7.34. The summed E-state index contributed by atoms with van der Waals surface area (Å²) in [5.74, 6) is -0.700. The van der Waals surface area contributed by atoms with Gasteiger partial charge >= 0.3 is 0 Å². The van der Waals surface area contributed by atoms with Crippen LogP contribution in [-0.4, -0.2) is 35.1 Å². The summed E-state index contributed by atoms with van der Waals surface area (Å²) in [5, 5.41) is 22.8. The molecule has 7 nitrogen and oxygen atoms in total. The fourth-order valence-electron chi connectivity index (χ4n) is 4.62. The summed E-state index contributed by atoms with van der Waals surface area (Å²) in [6, 6.07) is 7.69. The molecule has 4 N–H and O–H groups in total. The number of carbonyl (C=O) groups is 2. The van der Waals surface area contributed by atoms with Crippen molar-refractivity contribution in [3.05, 3.63) is 34.9 Å². The number of nitrogens with two attached hydrogens (primary N) is 1. The Morgan fingerprint density at radius 1 is 1.32 bits per heavy atom. The Bertz CT molecular complexity index is 910. The second-order valence-electron chi connectivity index (χ2n) is 8.63. The standard InChI is InChI=1S/C24H32N4O3/c1-3-4-5-22-15(2)20(13-23(26)30)24(31)28(22)18-9-6-16(14-25)21(12-18)27-17-7-10-19(29)11-8-17/h6,9,12,17,19,22,27,29H,3-5,7-8,10-11,13H2,1-2H3,(H2,26,30)/t17-,19-,22?. The van der Waals surface area contributed by atoms with Crippen LogP contribution in [0.25, 0.3) is 0 Å². The first kappa shape index (κ1) is 22.8. The Labute approximate surface area is 183 Å². The van der Waals surface area contributed by atoms with Gasteiger partial charge in [-0.1, -0.05) is 19.8 Å². The Morgan fingerprint density at radius 3 is 2.65 bits per heavy atom. The molecule has 7 heteroatoms. The lowest BCUT2D eigenvalue weighted by molar-refractivity contribution is -0.120. The van der Waals surface area contributed by atoms with Crippen LogP contribution < -0.4 is 16.0 Å². The molecule has 1 unspecified atom stereocenters. The number of amides is 2. The smallest absolute Gasteiger partial charge is 0.255 e. The molecule has 0 saturated heterocycles. The zero-order valence-corrected chi connectivity index (χ0v) is 18.4. The van der Waals surface area contributed by atoms with E-state index in [1.165, 1.54) is 0 Å². The van der Waals surface area contributed by atoms with Crippen LogP contribution in [0.2, 0.25) is 0 Å². The molecule has 1 aliphatic heterocycles. The van der Waals surface area contributed by atoms with E-state index < -0.39 is 5.91 Å². The van der Waals surface area contributed by atoms with E-state index in [-0.39, 0.29) is 30.5 Å². The highest BCUT2D eigenvalue weighted by molar-refractivity contribution is 6.12. The number of primary amides is 1. The summed E-state index contributed by atoms with van der Waals surface area (Å²) < 4.78 is 0. The highest BCUT2D eigenvalue weighted by Crippen LogP contribution is 2.37. The summed E-state index contributed by atoms with van der Waals surface area (Å²) in [4.78, 5) is 26.6. The molecule has 1 aliphatic carbocycles. The molecule has 1 saturated carbocycles. The lowest BCUT2D eigenvalue weighted by Gasteiger charge is -2.29. The number of carbonyl (C=O) groups excluding carboxylic acids is 2. The van der Waals surface area contributed by atoms with Crippen LogP contribution in [0.15, 0.2) is 29.3 Å². The van der Waals surface area contributed by atoms with Crippen LogP contribution in [0.1, 0.15) is 70.8 Å². The third-order valence-corrected chi connectivity index (χ3v) is 6.40. The van der Waals surface area contributed by atoms with Crippen LogP contribution in [0.5, 0.6) is 0 Å². The van der Waals surface area contributed by atoms with Gasteiger partial charge in [0.2, 0.25) is 5.91 Å². The maximum Gasteiger partial charge on any atom is 0.255 e. The second-order valence-corrected chi connectivity index (χ2v) is 8.63. The molecule has 0 aromatic heterocycles. The van der Waals surface area contributed by atoms with Crippen LogP contribution in [0.4, 0.5) is 11.4 Å². The lowest BCUT2D eigenvalue weighted by Crippen LogP contribution is -2.36. The van der Waals surface area contributed by atoms with E-state index in [0.717, 1.165) is 50.5 Å². The number of rotatable bonds is 8. The largest absolute Gasteiger partial charge is 0.393 e. The van der Waals surface area contributed by atoms with Crippen LogP contribution in [-0.2, 0) is 9.59 Å². The van der Waals surface area contributed by atoms with Crippen molar-refractivity contribution in [3.63, 3.8) is 0 Å². The molecule has 1 heterocycles. The van der Waals surface area contributed by atoms with Crippen LogP contribution in [0, 0.1) is 11.3 Å². The Hall–Kier alpha value is -2.85. The number of hydrogen-bond acceptors (Lipinski definition) is 5. The molecule has 0 bridgehead atoms. The first-order chi connectivity index (χ1) is 14.8. The van der Waals surface area contributed by atoms with Gasteiger partial charge in [-0.25, -0.2) is 0 Å². The zero-order valence-electron chi connectivity index (χ0n) is 18.4. The molecule has 0 spiro atoms. The molecule has 0 radical (unpaired) electrons. The fraction of sp³-hybridized carbons (Fsp3) is 0.542. The van der Waals surface area contributed by atoms with Gasteiger partial charge in [0.05, 0.1) is 29.8 Å². The molecule has 1 aromatic carbocycles. The SMILES string of the molecule is CCCCC1C(C)=C(CC(N)=O)C(=O)N1c1ccc(C#N)c(N[C@H]2CC[C@H](O)CC2)c1. The number of nitrogens with zero attached hydrogens (tertiary/aromatic N) is 2. The predicted octanol–water partition coefficient (Wildman–Crippen LogP) is 3.37. The average Bonchev–Trinajstić information content (AvgIpc) is 2.97. The highest BCUT2D eigenvalue weighted by atomic mass is 16.3. The van der Waals surface area contributed by atoms with Crippen molar-refractivity contribution in [2.75, 3.05) is 10.2 Å². The van der Waals surface area contributed by atoms with Gasteiger partial charge in [0.1, 0.15) is 6.07 Å². The maximum absolute atomic E-state index is 13.3. The van der Waals surface area contributed by atoms with Crippen molar-refractivity contribution in [2.45, 2.75) is 83.4 Å². The molecule has 31 heavy (non-hydrogen) atoms. The van der Waals surface area contributed by atoms with Crippen molar-refractivity contribution >= 4 is 23.2 Å². The third kappa shape index (κ3) is 5.08. The normalized spacial score (nSPS) is 23.7. The average molecular weight is 425 g/mol. The minimum absolute atomic E-state index is 0.0599. The number of unbranched alkanes of at least 4 members (excludes halogenated alkanes) is 1. The number of hydrogen-bond donors (Lipinski definition) is 3. The topological polar surface area (TPSA) is 119 Å². The first-order valence-corrected chi connectivity index (χ1v) is 11.2. The number of nitrogens with one attached hydrogen (secondary N) is 1. The van der Waals surface area contributed by atoms with Gasteiger partial charge in [-0.15, -0.1) is 0 Å². The number of nitriles is 1. The van der Waals surface area contributed by atoms with Gasteiger partial charge < -0.3 is 21.1 Å². The van der Waals surface area contributed by atoms with E-state index in [9.17, 15) is 20.0 Å². The second kappa shape index (κ2) is 9.97. The van der Waals surface area contributed by atoms with Gasteiger partial charge in [0, 0.05) is 17.3 Å². The van der Waals surface area contributed by atoms with Gasteiger partial charge in [-0.2, -0.15) is 5.26 Å². The maximum atomic E-state index is 13.3. The van der Waals surface area contributed by atoms with E-state index in [0.29, 0.717) is 22.5 Å². The summed E-state index contributed by atoms with van der Waals surface area (Å²) in [7, 11) is 0. The Morgan fingerprint density at radius 2 is 2.03 bits per heavy atom. The van der Waals surface area contributed by atoms with E-state index >= 15 is 0 Å².